The van der Waals surface area contributed by atoms with Gasteiger partial charge in [-0.05, 0) is 48.9 Å². The molecule has 4 rings (SSSR count). The van der Waals surface area contributed by atoms with E-state index < -0.39 is 15.8 Å². The Hall–Kier alpha value is -2.72. The van der Waals surface area contributed by atoms with Crippen molar-refractivity contribution in [1.82, 2.24) is 9.62 Å². The number of nitrogens with one attached hydrogen (secondary N) is 1. The SMILES string of the molecule is CS(=O)(=O)N1CCC(NC(=O)N2CCN(c3ccc(F)cc3)c3cc(F)ccc32)C1. The van der Waals surface area contributed by atoms with Gasteiger partial charge in [-0.3, -0.25) is 4.90 Å². The Morgan fingerprint density at radius 3 is 2.37 bits per heavy atom. The van der Waals surface area contributed by atoms with Crippen molar-refractivity contribution >= 4 is 33.1 Å². The Balaban J connectivity index is 1.55. The fourth-order valence-electron chi connectivity index (χ4n) is 3.88. The van der Waals surface area contributed by atoms with Crippen molar-refractivity contribution in [2.24, 2.45) is 0 Å². The summed E-state index contributed by atoms with van der Waals surface area (Å²) in [6.07, 6.45) is 1.68. The number of carbonyl (C=O) groups is 1. The number of hydrogen-bond donors (Lipinski definition) is 1. The average molecular weight is 436 g/mol. The highest BCUT2D eigenvalue weighted by molar-refractivity contribution is 7.88. The van der Waals surface area contributed by atoms with Gasteiger partial charge in [0, 0.05) is 37.9 Å². The van der Waals surface area contributed by atoms with Crippen LogP contribution in [0.5, 0.6) is 0 Å². The Morgan fingerprint density at radius 1 is 1.00 bits per heavy atom. The number of anilines is 3. The summed E-state index contributed by atoms with van der Waals surface area (Å²) in [4.78, 5) is 16.3. The summed E-state index contributed by atoms with van der Waals surface area (Å²) in [5, 5.41) is 2.89. The van der Waals surface area contributed by atoms with Crippen LogP contribution in [0.15, 0.2) is 42.5 Å². The van der Waals surface area contributed by atoms with Crippen LogP contribution in [0.4, 0.5) is 30.6 Å². The minimum absolute atomic E-state index is 0.233. The second-order valence-electron chi connectivity index (χ2n) is 7.47. The molecule has 0 spiro atoms. The van der Waals surface area contributed by atoms with E-state index in [0.717, 1.165) is 6.26 Å². The summed E-state index contributed by atoms with van der Waals surface area (Å²) in [6.45, 7) is 1.33. The molecule has 2 heterocycles. The zero-order chi connectivity index (χ0) is 21.5. The summed E-state index contributed by atoms with van der Waals surface area (Å²) >= 11 is 0. The van der Waals surface area contributed by atoms with Crippen LogP contribution in [0.25, 0.3) is 0 Å². The summed E-state index contributed by atoms with van der Waals surface area (Å²) in [5.41, 5.74) is 1.73. The number of fused-ring (bicyclic) bond motifs is 1. The lowest BCUT2D eigenvalue weighted by Crippen LogP contribution is -2.50. The van der Waals surface area contributed by atoms with Crippen molar-refractivity contribution in [2.75, 3.05) is 42.2 Å². The summed E-state index contributed by atoms with van der Waals surface area (Å²) in [7, 11) is -3.30. The molecular weight excluding hydrogens is 414 g/mol. The van der Waals surface area contributed by atoms with Crippen molar-refractivity contribution in [2.45, 2.75) is 12.5 Å². The number of nitrogens with zero attached hydrogens (tertiary/aromatic N) is 3. The molecule has 0 radical (unpaired) electrons. The van der Waals surface area contributed by atoms with Crippen LogP contribution in [-0.4, -0.2) is 57.2 Å². The third-order valence-corrected chi connectivity index (χ3v) is 6.67. The number of sulfonamides is 1. The molecule has 10 heteroatoms. The minimum atomic E-state index is -3.30. The second-order valence-corrected chi connectivity index (χ2v) is 9.45. The van der Waals surface area contributed by atoms with Gasteiger partial charge in [0.05, 0.1) is 17.6 Å². The van der Waals surface area contributed by atoms with Gasteiger partial charge in [0.25, 0.3) is 0 Å². The zero-order valence-corrected chi connectivity index (χ0v) is 17.2. The lowest BCUT2D eigenvalue weighted by Gasteiger charge is -2.38. The molecule has 1 fully saturated rings. The molecular formula is C20H22F2N4O3S. The first-order valence-corrected chi connectivity index (χ1v) is 11.4. The first-order chi connectivity index (χ1) is 14.2. The monoisotopic (exact) mass is 436 g/mol. The molecule has 2 aliphatic rings. The molecule has 0 bridgehead atoms. The molecule has 2 aliphatic heterocycles. The molecule has 1 saturated heterocycles. The lowest BCUT2D eigenvalue weighted by molar-refractivity contribution is 0.242. The van der Waals surface area contributed by atoms with Crippen LogP contribution < -0.4 is 15.1 Å². The molecule has 1 unspecified atom stereocenters. The Labute approximate surface area is 173 Å². The van der Waals surface area contributed by atoms with Crippen LogP contribution in [0.1, 0.15) is 6.42 Å². The number of rotatable bonds is 3. The predicted molar refractivity (Wildman–Crippen MR) is 111 cm³/mol. The van der Waals surface area contributed by atoms with Crippen molar-refractivity contribution in [1.29, 1.82) is 0 Å². The third-order valence-electron chi connectivity index (χ3n) is 5.40. The number of urea groups is 1. The van der Waals surface area contributed by atoms with Gasteiger partial charge in [0.1, 0.15) is 11.6 Å². The van der Waals surface area contributed by atoms with E-state index in [2.05, 4.69) is 5.32 Å². The summed E-state index contributed by atoms with van der Waals surface area (Å²) < 4.78 is 52.0. The molecule has 30 heavy (non-hydrogen) atoms. The van der Waals surface area contributed by atoms with E-state index in [1.807, 2.05) is 4.90 Å². The van der Waals surface area contributed by atoms with Crippen molar-refractivity contribution < 1.29 is 22.0 Å². The van der Waals surface area contributed by atoms with E-state index in [1.165, 1.54) is 39.5 Å². The number of hydrogen-bond acceptors (Lipinski definition) is 4. The molecule has 1 N–H and O–H groups in total. The van der Waals surface area contributed by atoms with E-state index >= 15 is 0 Å². The number of amides is 2. The van der Waals surface area contributed by atoms with Gasteiger partial charge >= 0.3 is 6.03 Å². The van der Waals surface area contributed by atoms with Gasteiger partial charge in [0.2, 0.25) is 10.0 Å². The number of halogens is 2. The minimum Gasteiger partial charge on any atom is -0.338 e. The first-order valence-electron chi connectivity index (χ1n) is 9.58. The molecule has 160 valence electrons. The molecule has 2 aromatic rings. The van der Waals surface area contributed by atoms with Gasteiger partial charge in [0.15, 0.2) is 0 Å². The van der Waals surface area contributed by atoms with Crippen LogP contribution >= 0.6 is 0 Å². The fraction of sp³-hybridized carbons (Fsp3) is 0.350. The first kappa shape index (κ1) is 20.5. The molecule has 2 aromatic carbocycles. The molecule has 0 saturated carbocycles. The highest BCUT2D eigenvalue weighted by atomic mass is 32.2. The van der Waals surface area contributed by atoms with Gasteiger partial charge in [-0.25, -0.2) is 26.3 Å². The molecule has 7 nitrogen and oxygen atoms in total. The van der Waals surface area contributed by atoms with Gasteiger partial charge in [-0.1, -0.05) is 0 Å². The second kappa shape index (κ2) is 7.84. The van der Waals surface area contributed by atoms with Crippen LogP contribution in [0.2, 0.25) is 0 Å². The van der Waals surface area contributed by atoms with Crippen LogP contribution in [0.3, 0.4) is 0 Å². The quantitative estimate of drug-likeness (QED) is 0.803. The lowest BCUT2D eigenvalue weighted by atomic mass is 10.1. The fourth-order valence-corrected chi connectivity index (χ4v) is 4.77. The third kappa shape index (κ3) is 4.10. The number of carbonyl (C=O) groups excluding carboxylic acids is 1. The van der Waals surface area contributed by atoms with E-state index in [4.69, 9.17) is 0 Å². The zero-order valence-electron chi connectivity index (χ0n) is 16.4. The van der Waals surface area contributed by atoms with Gasteiger partial charge in [-0.2, -0.15) is 0 Å². The predicted octanol–water partition coefficient (Wildman–Crippen LogP) is 2.67. The molecule has 0 aromatic heterocycles. The Morgan fingerprint density at radius 2 is 1.70 bits per heavy atom. The van der Waals surface area contributed by atoms with Crippen LogP contribution in [-0.2, 0) is 10.0 Å². The topological polar surface area (TPSA) is 73.0 Å². The van der Waals surface area contributed by atoms with E-state index in [1.54, 1.807) is 12.1 Å². The normalized spacial score (nSPS) is 19.6. The highest BCUT2D eigenvalue weighted by Crippen LogP contribution is 2.38. The molecule has 2 amide bonds. The maximum absolute atomic E-state index is 14.0. The van der Waals surface area contributed by atoms with Gasteiger partial charge < -0.3 is 10.2 Å². The Kier molecular flexibility index (Phi) is 5.37. The summed E-state index contributed by atoms with van der Waals surface area (Å²) in [5.74, 6) is -0.807. The summed E-state index contributed by atoms with van der Waals surface area (Å²) in [6, 6.07) is 9.41. The molecule has 1 atom stereocenters. The standard InChI is InChI=1S/C20H22F2N4O3S/c1-30(28,29)24-9-8-16(13-24)23-20(27)26-11-10-25(17-5-2-14(21)3-6-17)19-12-15(22)4-7-18(19)26/h2-7,12,16H,8-11,13H2,1H3,(H,23,27). The van der Waals surface area contributed by atoms with E-state index in [0.29, 0.717) is 43.1 Å². The van der Waals surface area contributed by atoms with Crippen molar-refractivity contribution in [3.05, 3.63) is 54.1 Å². The highest BCUT2D eigenvalue weighted by Gasteiger charge is 2.33. The maximum atomic E-state index is 14.0. The largest absolute Gasteiger partial charge is 0.338 e. The average Bonchev–Trinajstić information content (AvgIpc) is 3.17. The van der Waals surface area contributed by atoms with Crippen LogP contribution in [0, 0.1) is 11.6 Å². The van der Waals surface area contributed by atoms with E-state index in [-0.39, 0.29) is 24.4 Å². The molecule has 0 aliphatic carbocycles. The van der Waals surface area contributed by atoms with Crippen molar-refractivity contribution in [3.8, 4) is 0 Å². The van der Waals surface area contributed by atoms with Gasteiger partial charge in [-0.15, -0.1) is 0 Å². The number of benzene rings is 2. The Bertz CT molecular complexity index is 1060. The van der Waals surface area contributed by atoms with E-state index in [9.17, 15) is 22.0 Å². The smallest absolute Gasteiger partial charge is 0.322 e. The van der Waals surface area contributed by atoms with Crippen molar-refractivity contribution in [3.63, 3.8) is 0 Å². The maximum Gasteiger partial charge on any atom is 0.322 e.